The molecular weight excluding hydrogens is 651 g/mol. The molecule has 0 radical (unpaired) electrons. The molecule has 10 aromatic rings. The Kier molecular flexibility index (Phi) is 6.30. The summed E-state index contributed by atoms with van der Waals surface area (Å²) in [4.78, 5) is 14.5. The summed E-state index contributed by atoms with van der Waals surface area (Å²) in [6.45, 7) is 0. The molecule has 4 heterocycles. The molecule has 0 aliphatic heterocycles. The molecule has 0 saturated heterocycles. The topological polar surface area (TPSA) is 146 Å². The molecule has 0 saturated carbocycles. The van der Waals surface area contributed by atoms with Crippen LogP contribution in [-0.4, -0.2) is 19.5 Å². The largest absolute Gasteiger partial charge is 0.399 e. The SMILES string of the molecule is Nc1ccc2c(Nc3ccc4nc(N)sc4c3)c3ccc(N)c(-n4ccc5c(Nc6c7ccccc7nc7ccccc67)cccc54)c3nc2c1. The molecule has 0 bridgehead atoms. The van der Waals surface area contributed by atoms with Crippen LogP contribution >= 0.6 is 11.3 Å². The van der Waals surface area contributed by atoms with Gasteiger partial charge in [-0.05, 0) is 78.9 Å². The van der Waals surface area contributed by atoms with Crippen LogP contribution < -0.4 is 27.8 Å². The van der Waals surface area contributed by atoms with E-state index >= 15 is 0 Å². The van der Waals surface area contributed by atoms with E-state index < -0.39 is 0 Å². The minimum Gasteiger partial charge on any atom is -0.399 e. The van der Waals surface area contributed by atoms with Crippen molar-refractivity contribution in [3.63, 3.8) is 0 Å². The minimum atomic E-state index is 0.539. The molecule has 0 amide bonds. The van der Waals surface area contributed by atoms with Crippen molar-refractivity contribution in [1.82, 2.24) is 19.5 Å². The highest BCUT2D eigenvalue weighted by atomic mass is 32.1. The first kappa shape index (κ1) is 29.0. The molecule has 0 spiro atoms. The smallest absolute Gasteiger partial charge is 0.181 e. The zero-order valence-corrected chi connectivity index (χ0v) is 27.9. The lowest BCUT2D eigenvalue weighted by Crippen LogP contribution is -2.03. The lowest BCUT2D eigenvalue weighted by atomic mass is 10.0. The fourth-order valence-corrected chi connectivity index (χ4v) is 7.93. The van der Waals surface area contributed by atoms with Gasteiger partial charge in [0.1, 0.15) is 0 Å². The van der Waals surface area contributed by atoms with E-state index in [0.717, 1.165) is 93.2 Å². The number of nitrogens with zero attached hydrogens (tertiary/aromatic N) is 4. The standard InChI is InChI=1S/C41H29N9S/c42-22-12-14-27-34(20-22)48-39-28(38(27)45-23-13-17-33-36(21-23)51-41(44)49-33)15-16-29(43)40(39)50-19-18-24-30(10-5-11-35(24)50)47-37-25-6-1-3-8-31(25)46-32-9-4-2-7-26(32)37/h1-21H,42-43H2,(H2,44,49)(H,45,48)(H,46,47). The average molecular weight is 680 g/mol. The van der Waals surface area contributed by atoms with Gasteiger partial charge < -0.3 is 32.4 Å². The highest BCUT2D eigenvalue weighted by molar-refractivity contribution is 7.22. The van der Waals surface area contributed by atoms with Gasteiger partial charge in [-0.15, -0.1) is 0 Å². The number of rotatable bonds is 5. The number of thiazole rings is 1. The lowest BCUT2D eigenvalue weighted by Gasteiger charge is -2.18. The van der Waals surface area contributed by atoms with Crippen LogP contribution in [0.4, 0.5) is 39.3 Å². The number of hydrogen-bond acceptors (Lipinski definition) is 9. The van der Waals surface area contributed by atoms with Crippen LogP contribution in [0.3, 0.4) is 0 Å². The zero-order valence-electron chi connectivity index (χ0n) is 27.1. The number of hydrogen-bond donors (Lipinski definition) is 5. The minimum absolute atomic E-state index is 0.539. The number of nitrogen functional groups attached to an aromatic ring is 3. The third-order valence-corrected chi connectivity index (χ3v) is 10.3. The Labute approximate surface area is 295 Å². The summed E-state index contributed by atoms with van der Waals surface area (Å²) in [6.07, 6.45) is 2.06. The Balaban J connectivity index is 1.16. The summed E-state index contributed by atoms with van der Waals surface area (Å²) >= 11 is 1.46. The average Bonchev–Trinajstić information content (AvgIpc) is 3.74. The molecule has 6 aromatic carbocycles. The second-order valence-corrected chi connectivity index (χ2v) is 13.7. The molecule has 0 aliphatic carbocycles. The van der Waals surface area contributed by atoms with Crippen molar-refractivity contribution in [3.8, 4) is 5.69 Å². The first-order chi connectivity index (χ1) is 25.0. The van der Waals surface area contributed by atoms with E-state index in [4.69, 9.17) is 27.2 Å². The first-order valence-corrected chi connectivity index (χ1v) is 17.3. The summed E-state index contributed by atoms with van der Waals surface area (Å²) in [5, 5.41) is 13.0. The molecule has 0 aliphatic rings. The van der Waals surface area contributed by atoms with E-state index in [2.05, 4.69) is 68.8 Å². The maximum atomic E-state index is 6.85. The van der Waals surface area contributed by atoms with Gasteiger partial charge in [0.15, 0.2) is 5.13 Å². The predicted octanol–water partition coefficient (Wildman–Crippen LogP) is 9.88. The number of pyridine rings is 2. The first-order valence-electron chi connectivity index (χ1n) is 16.5. The normalized spacial score (nSPS) is 11.8. The molecule has 244 valence electrons. The van der Waals surface area contributed by atoms with E-state index in [0.29, 0.717) is 16.5 Å². The molecule has 10 heteroatoms. The highest BCUT2D eigenvalue weighted by Gasteiger charge is 2.19. The number of para-hydroxylation sites is 2. The lowest BCUT2D eigenvalue weighted by molar-refractivity contribution is 1.14. The van der Waals surface area contributed by atoms with Crippen molar-refractivity contribution in [3.05, 3.63) is 128 Å². The highest BCUT2D eigenvalue weighted by Crippen LogP contribution is 2.41. The van der Waals surface area contributed by atoms with Gasteiger partial charge in [0, 0.05) is 50.2 Å². The zero-order chi connectivity index (χ0) is 34.2. The third kappa shape index (κ3) is 4.65. The number of fused-ring (bicyclic) bond motifs is 6. The van der Waals surface area contributed by atoms with Crippen LogP contribution in [0.2, 0.25) is 0 Å². The molecule has 9 nitrogen and oxygen atoms in total. The summed E-state index contributed by atoms with van der Waals surface area (Å²) in [5.41, 5.74) is 30.2. The van der Waals surface area contributed by atoms with E-state index in [1.54, 1.807) is 0 Å². The van der Waals surface area contributed by atoms with Crippen molar-refractivity contribution >= 4 is 115 Å². The number of aromatic nitrogens is 4. The number of nitrogens with two attached hydrogens (primary N) is 3. The monoisotopic (exact) mass is 679 g/mol. The number of anilines is 7. The van der Waals surface area contributed by atoms with Gasteiger partial charge in [0.05, 0.1) is 60.5 Å². The molecule has 0 atom stereocenters. The van der Waals surface area contributed by atoms with E-state index in [1.807, 2.05) is 78.9 Å². The van der Waals surface area contributed by atoms with Crippen LogP contribution in [0.1, 0.15) is 0 Å². The molecule has 4 aromatic heterocycles. The van der Waals surface area contributed by atoms with Crippen LogP contribution in [0.25, 0.3) is 70.4 Å². The summed E-state index contributed by atoms with van der Waals surface area (Å²) in [6, 6.07) is 40.7. The van der Waals surface area contributed by atoms with Crippen molar-refractivity contribution < 1.29 is 0 Å². The molecule has 0 unspecified atom stereocenters. The van der Waals surface area contributed by atoms with Crippen LogP contribution in [0.5, 0.6) is 0 Å². The molecule has 10 rings (SSSR count). The fourth-order valence-electron chi connectivity index (χ4n) is 7.16. The van der Waals surface area contributed by atoms with E-state index in [-0.39, 0.29) is 0 Å². The predicted molar refractivity (Wildman–Crippen MR) is 215 cm³/mol. The fraction of sp³-hybridized carbons (Fsp3) is 0. The Morgan fingerprint density at radius 3 is 2.12 bits per heavy atom. The van der Waals surface area contributed by atoms with Crippen molar-refractivity contribution in [2.24, 2.45) is 0 Å². The quantitative estimate of drug-likeness (QED) is 0.0893. The molecular formula is C41H29N9S. The van der Waals surface area contributed by atoms with Crippen molar-refractivity contribution in [1.29, 1.82) is 0 Å². The van der Waals surface area contributed by atoms with Gasteiger partial charge >= 0.3 is 0 Å². The van der Waals surface area contributed by atoms with Gasteiger partial charge in [-0.3, -0.25) is 0 Å². The van der Waals surface area contributed by atoms with E-state index in [9.17, 15) is 0 Å². The second-order valence-electron chi connectivity index (χ2n) is 12.6. The molecule has 0 fully saturated rings. The van der Waals surface area contributed by atoms with Gasteiger partial charge in [0.2, 0.25) is 0 Å². The van der Waals surface area contributed by atoms with E-state index in [1.165, 1.54) is 11.3 Å². The summed E-state index contributed by atoms with van der Waals surface area (Å²) in [5.74, 6) is 0. The number of nitrogens with one attached hydrogen (secondary N) is 2. The van der Waals surface area contributed by atoms with Gasteiger partial charge in [-0.2, -0.15) is 0 Å². The molecule has 51 heavy (non-hydrogen) atoms. The van der Waals surface area contributed by atoms with Crippen LogP contribution in [0, 0.1) is 0 Å². The third-order valence-electron chi connectivity index (χ3n) is 9.47. The van der Waals surface area contributed by atoms with Gasteiger partial charge in [-0.25, -0.2) is 15.0 Å². The second kappa shape index (κ2) is 11.1. The maximum absolute atomic E-state index is 6.85. The maximum Gasteiger partial charge on any atom is 0.181 e. The van der Waals surface area contributed by atoms with Gasteiger partial charge in [0.25, 0.3) is 0 Å². The van der Waals surface area contributed by atoms with Crippen molar-refractivity contribution in [2.45, 2.75) is 0 Å². The molecule has 8 N–H and O–H groups in total. The summed E-state index contributed by atoms with van der Waals surface area (Å²) in [7, 11) is 0. The Hall–Kier alpha value is -6.91. The Morgan fingerprint density at radius 1 is 0.549 bits per heavy atom. The summed E-state index contributed by atoms with van der Waals surface area (Å²) < 4.78 is 3.13. The Bertz CT molecular complexity index is 2980. The van der Waals surface area contributed by atoms with Crippen molar-refractivity contribution in [2.75, 3.05) is 27.8 Å². The van der Waals surface area contributed by atoms with Crippen LogP contribution in [-0.2, 0) is 0 Å². The van der Waals surface area contributed by atoms with Gasteiger partial charge in [-0.1, -0.05) is 53.8 Å². The van der Waals surface area contributed by atoms with Crippen LogP contribution in [0.15, 0.2) is 128 Å². The number of benzene rings is 6. The Morgan fingerprint density at radius 2 is 1.29 bits per heavy atom.